The zero-order valence-electron chi connectivity index (χ0n) is 5.87. The lowest BCUT2D eigenvalue weighted by atomic mass is 10.5. The number of rotatable bonds is 1. The molecule has 0 unspecified atom stereocenters. The van der Waals surface area contributed by atoms with Crippen LogP contribution in [0.15, 0.2) is 12.3 Å². The van der Waals surface area contributed by atoms with Gasteiger partial charge in [-0.15, -0.1) is 5.10 Å². The normalized spacial score (nSPS) is 9.40. The number of carbonyl (C=O) groups is 1. The first-order valence-electron chi connectivity index (χ1n) is 2.89. The van der Waals surface area contributed by atoms with E-state index in [0.717, 1.165) is 10.5 Å². The molecule has 1 aromatic heterocycles. The molecule has 0 aliphatic heterocycles. The van der Waals surface area contributed by atoms with Crippen molar-refractivity contribution in [1.82, 2.24) is 9.94 Å². The van der Waals surface area contributed by atoms with E-state index in [1.54, 1.807) is 12.3 Å². The van der Waals surface area contributed by atoms with Gasteiger partial charge in [-0.05, 0) is 13.0 Å². The minimum absolute atomic E-state index is 0.372. The van der Waals surface area contributed by atoms with Gasteiger partial charge in [-0.2, -0.15) is 0 Å². The minimum Gasteiger partial charge on any atom is -0.320 e. The topological polar surface area (TPSA) is 44.1 Å². The molecule has 0 radical (unpaired) electrons. The van der Waals surface area contributed by atoms with E-state index in [9.17, 15) is 4.79 Å². The second kappa shape index (κ2) is 2.51. The van der Waals surface area contributed by atoms with E-state index in [1.807, 2.05) is 6.92 Å². The van der Waals surface area contributed by atoms with Crippen molar-refractivity contribution in [2.45, 2.75) is 13.8 Å². The van der Waals surface area contributed by atoms with Crippen molar-refractivity contribution in [1.29, 1.82) is 0 Å². The number of aryl methyl sites for hydroxylation is 1. The molecule has 54 valence electrons. The van der Waals surface area contributed by atoms with E-state index in [0.29, 0.717) is 0 Å². The Balaban J connectivity index is 2.67. The highest BCUT2D eigenvalue weighted by atomic mass is 16.7. The van der Waals surface area contributed by atoms with E-state index in [4.69, 9.17) is 0 Å². The van der Waals surface area contributed by atoms with E-state index < -0.39 is 0 Å². The summed E-state index contributed by atoms with van der Waals surface area (Å²) in [7, 11) is 0. The molecule has 0 bridgehead atoms. The molecule has 0 N–H and O–H groups in total. The standard InChI is InChI=1S/C6H8N2O2/c1-5-3-4-8(7-5)10-6(2)9/h3-4H,1-2H3. The molecule has 0 aliphatic carbocycles. The first kappa shape index (κ1) is 6.80. The summed E-state index contributed by atoms with van der Waals surface area (Å²) in [4.78, 5) is 16.1. The Bertz CT molecular complexity index is 242. The van der Waals surface area contributed by atoms with Crippen LogP contribution in [0.25, 0.3) is 0 Å². The summed E-state index contributed by atoms with van der Waals surface area (Å²) in [5.41, 5.74) is 0.821. The lowest BCUT2D eigenvalue weighted by Gasteiger charge is -1.95. The van der Waals surface area contributed by atoms with E-state index in [1.165, 1.54) is 6.92 Å². The van der Waals surface area contributed by atoms with Crippen LogP contribution in [0.1, 0.15) is 12.6 Å². The average Bonchev–Trinajstić information content (AvgIpc) is 2.13. The van der Waals surface area contributed by atoms with Crippen molar-refractivity contribution in [3.05, 3.63) is 18.0 Å². The van der Waals surface area contributed by atoms with Crippen LogP contribution in [0.2, 0.25) is 0 Å². The van der Waals surface area contributed by atoms with Crippen LogP contribution in [0, 0.1) is 6.92 Å². The van der Waals surface area contributed by atoms with Crippen LogP contribution in [0.3, 0.4) is 0 Å². The van der Waals surface area contributed by atoms with Crippen molar-refractivity contribution in [3.8, 4) is 0 Å². The molecule has 0 atom stereocenters. The largest absolute Gasteiger partial charge is 0.331 e. The van der Waals surface area contributed by atoms with Gasteiger partial charge in [0.1, 0.15) is 0 Å². The van der Waals surface area contributed by atoms with Gasteiger partial charge in [0.25, 0.3) is 0 Å². The SMILES string of the molecule is CC(=O)On1ccc(C)n1. The molecule has 0 spiro atoms. The smallest absolute Gasteiger partial charge is 0.320 e. The van der Waals surface area contributed by atoms with Crippen LogP contribution in [0.5, 0.6) is 0 Å². The van der Waals surface area contributed by atoms with E-state index >= 15 is 0 Å². The molecule has 1 heterocycles. The third-order valence-corrected chi connectivity index (χ3v) is 0.922. The summed E-state index contributed by atoms with van der Waals surface area (Å²) >= 11 is 0. The maximum atomic E-state index is 10.3. The molecule has 4 nitrogen and oxygen atoms in total. The fraction of sp³-hybridized carbons (Fsp3) is 0.333. The van der Waals surface area contributed by atoms with E-state index in [-0.39, 0.29) is 5.97 Å². The maximum Gasteiger partial charge on any atom is 0.331 e. The van der Waals surface area contributed by atoms with Gasteiger partial charge in [-0.1, -0.05) is 4.85 Å². The summed E-state index contributed by atoms with van der Waals surface area (Å²) < 4.78 is 0. The highest BCUT2D eigenvalue weighted by molar-refractivity contribution is 5.66. The maximum absolute atomic E-state index is 10.3. The summed E-state index contributed by atoms with van der Waals surface area (Å²) in [6.07, 6.45) is 1.58. The number of nitrogens with zero attached hydrogens (tertiary/aromatic N) is 2. The number of hydrogen-bond acceptors (Lipinski definition) is 3. The highest BCUT2D eigenvalue weighted by Crippen LogP contribution is 1.88. The Hall–Kier alpha value is -1.32. The fourth-order valence-corrected chi connectivity index (χ4v) is 0.576. The van der Waals surface area contributed by atoms with Gasteiger partial charge in [-0.3, -0.25) is 0 Å². The molecule has 0 fully saturated rings. The van der Waals surface area contributed by atoms with Gasteiger partial charge in [-0.25, -0.2) is 4.79 Å². The van der Waals surface area contributed by atoms with Crippen LogP contribution < -0.4 is 4.84 Å². The number of aromatic nitrogens is 2. The van der Waals surface area contributed by atoms with Gasteiger partial charge < -0.3 is 4.84 Å². The predicted molar refractivity (Wildman–Crippen MR) is 34.2 cm³/mol. The second-order valence-corrected chi connectivity index (χ2v) is 1.94. The van der Waals surface area contributed by atoms with Gasteiger partial charge in [0.2, 0.25) is 0 Å². The molecule has 10 heavy (non-hydrogen) atoms. The van der Waals surface area contributed by atoms with Crippen LogP contribution in [-0.4, -0.2) is 15.9 Å². The highest BCUT2D eigenvalue weighted by Gasteiger charge is 1.95. The first-order valence-corrected chi connectivity index (χ1v) is 2.89. The third kappa shape index (κ3) is 1.58. The number of hydrogen-bond donors (Lipinski definition) is 0. The molecule has 0 aromatic carbocycles. The Morgan fingerprint density at radius 3 is 2.90 bits per heavy atom. The zero-order chi connectivity index (χ0) is 7.56. The van der Waals surface area contributed by atoms with E-state index in [2.05, 4.69) is 9.94 Å². The minimum atomic E-state index is -0.372. The average molecular weight is 140 g/mol. The molecule has 0 amide bonds. The lowest BCUT2D eigenvalue weighted by Crippen LogP contribution is -2.16. The van der Waals surface area contributed by atoms with Crippen molar-refractivity contribution in [3.63, 3.8) is 0 Å². The molecular weight excluding hydrogens is 132 g/mol. The molecule has 0 saturated heterocycles. The lowest BCUT2D eigenvalue weighted by molar-refractivity contribution is -0.143. The van der Waals surface area contributed by atoms with Gasteiger partial charge >= 0.3 is 5.97 Å². The Morgan fingerprint density at radius 2 is 2.50 bits per heavy atom. The molecule has 0 aliphatic rings. The van der Waals surface area contributed by atoms with Crippen molar-refractivity contribution < 1.29 is 9.63 Å². The summed E-state index contributed by atoms with van der Waals surface area (Å²) in [5, 5.41) is 3.82. The van der Waals surface area contributed by atoms with Gasteiger partial charge in [0, 0.05) is 6.92 Å². The van der Waals surface area contributed by atoms with Crippen LogP contribution in [0.4, 0.5) is 0 Å². The van der Waals surface area contributed by atoms with Gasteiger partial charge in [0.05, 0.1) is 11.9 Å². The van der Waals surface area contributed by atoms with Crippen molar-refractivity contribution in [2.75, 3.05) is 0 Å². The molecule has 1 aromatic rings. The van der Waals surface area contributed by atoms with Crippen LogP contribution in [-0.2, 0) is 4.79 Å². The predicted octanol–water partition coefficient (Wildman–Crippen LogP) is 0.167. The van der Waals surface area contributed by atoms with Gasteiger partial charge in [0.15, 0.2) is 0 Å². The van der Waals surface area contributed by atoms with Crippen molar-refractivity contribution >= 4 is 5.97 Å². The van der Waals surface area contributed by atoms with Crippen molar-refractivity contribution in [2.24, 2.45) is 0 Å². The quantitative estimate of drug-likeness (QED) is 0.558. The van der Waals surface area contributed by atoms with Crippen LogP contribution >= 0.6 is 0 Å². The Labute approximate surface area is 58.4 Å². The Morgan fingerprint density at radius 1 is 1.80 bits per heavy atom. The molecule has 4 heteroatoms. The fourth-order valence-electron chi connectivity index (χ4n) is 0.576. The monoisotopic (exact) mass is 140 g/mol. The third-order valence-electron chi connectivity index (χ3n) is 0.922. The Kier molecular flexibility index (Phi) is 1.71. The molecule has 0 saturated carbocycles. The molecular formula is C6H8N2O2. The number of carbonyl (C=O) groups excluding carboxylic acids is 1. The summed E-state index contributed by atoms with van der Waals surface area (Å²) in [6.45, 7) is 3.15. The second-order valence-electron chi connectivity index (χ2n) is 1.94. The summed E-state index contributed by atoms with van der Waals surface area (Å²) in [5.74, 6) is -0.372. The first-order chi connectivity index (χ1) is 4.68. The molecule has 1 rings (SSSR count). The summed E-state index contributed by atoms with van der Waals surface area (Å²) in [6, 6.07) is 1.75. The zero-order valence-corrected chi connectivity index (χ0v) is 5.87.